The van der Waals surface area contributed by atoms with Gasteiger partial charge in [0.05, 0.1) is 0 Å². The SMILES string of the molecule is CCC(C)C(Cc1ccccc1)C(c1ccccn1)C(C)C. The second kappa shape index (κ2) is 8.12. The molecule has 0 saturated carbocycles. The van der Waals surface area contributed by atoms with Crippen LogP contribution in [0, 0.1) is 17.8 Å². The van der Waals surface area contributed by atoms with Gasteiger partial charge in [-0.2, -0.15) is 0 Å². The fourth-order valence-corrected chi connectivity index (χ4v) is 3.50. The van der Waals surface area contributed by atoms with Crippen molar-refractivity contribution >= 4 is 0 Å². The quantitative estimate of drug-likeness (QED) is 0.636. The smallest absolute Gasteiger partial charge is 0.0440 e. The Hall–Kier alpha value is -1.63. The lowest BCUT2D eigenvalue weighted by atomic mass is 9.71. The molecule has 3 atom stereocenters. The zero-order valence-electron chi connectivity index (χ0n) is 14.4. The van der Waals surface area contributed by atoms with E-state index >= 15 is 0 Å². The minimum atomic E-state index is 0.511. The fraction of sp³-hybridized carbons (Fsp3) is 0.476. The fourth-order valence-electron chi connectivity index (χ4n) is 3.50. The summed E-state index contributed by atoms with van der Waals surface area (Å²) in [5.41, 5.74) is 2.69. The van der Waals surface area contributed by atoms with E-state index in [2.05, 4.69) is 75.1 Å². The number of rotatable bonds is 7. The van der Waals surface area contributed by atoms with Gasteiger partial charge in [0, 0.05) is 17.8 Å². The molecule has 3 unspecified atom stereocenters. The minimum Gasteiger partial charge on any atom is -0.261 e. The highest BCUT2D eigenvalue weighted by molar-refractivity contribution is 5.18. The third-order valence-corrected chi connectivity index (χ3v) is 4.90. The molecule has 0 fully saturated rings. The predicted molar refractivity (Wildman–Crippen MR) is 94.9 cm³/mol. The van der Waals surface area contributed by atoms with Crippen LogP contribution in [0.4, 0.5) is 0 Å². The largest absolute Gasteiger partial charge is 0.261 e. The molecule has 2 rings (SSSR count). The lowest BCUT2D eigenvalue weighted by molar-refractivity contribution is 0.241. The van der Waals surface area contributed by atoms with E-state index in [1.54, 1.807) is 0 Å². The van der Waals surface area contributed by atoms with Gasteiger partial charge in [0.2, 0.25) is 0 Å². The molecule has 0 aliphatic heterocycles. The van der Waals surface area contributed by atoms with Crippen LogP contribution in [0.2, 0.25) is 0 Å². The van der Waals surface area contributed by atoms with Crippen LogP contribution >= 0.6 is 0 Å². The zero-order valence-corrected chi connectivity index (χ0v) is 14.4. The molecule has 0 N–H and O–H groups in total. The van der Waals surface area contributed by atoms with Gasteiger partial charge in [0.25, 0.3) is 0 Å². The molecule has 1 aromatic heterocycles. The van der Waals surface area contributed by atoms with Gasteiger partial charge in [-0.25, -0.2) is 0 Å². The maximum Gasteiger partial charge on any atom is 0.0440 e. The number of hydrogen-bond donors (Lipinski definition) is 0. The van der Waals surface area contributed by atoms with Gasteiger partial charge in [0.15, 0.2) is 0 Å². The van der Waals surface area contributed by atoms with Gasteiger partial charge in [-0.3, -0.25) is 4.98 Å². The van der Waals surface area contributed by atoms with Crippen LogP contribution in [0.5, 0.6) is 0 Å². The molecule has 0 aliphatic rings. The summed E-state index contributed by atoms with van der Waals surface area (Å²) in [6.45, 7) is 9.36. The Morgan fingerprint density at radius 1 is 0.909 bits per heavy atom. The Bertz CT molecular complexity index is 532. The number of nitrogens with zero attached hydrogens (tertiary/aromatic N) is 1. The molecule has 1 aromatic carbocycles. The minimum absolute atomic E-state index is 0.511. The second-order valence-electron chi connectivity index (χ2n) is 6.76. The van der Waals surface area contributed by atoms with E-state index in [0.717, 1.165) is 6.42 Å². The van der Waals surface area contributed by atoms with Gasteiger partial charge >= 0.3 is 0 Å². The molecule has 0 spiro atoms. The van der Waals surface area contributed by atoms with Crippen molar-refractivity contribution in [2.45, 2.75) is 46.5 Å². The summed E-state index contributed by atoms with van der Waals surface area (Å²) in [4.78, 5) is 4.68. The maximum atomic E-state index is 4.68. The Morgan fingerprint density at radius 2 is 1.59 bits per heavy atom. The molecule has 1 heterocycles. The van der Waals surface area contributed by atoms with Crippen LogP contribution in [0.25, 0.3) is 0 Å². The number of aromatic nitrogens is 1. The molecule has 0 radical (unpaired) electrons. The third kappa shape index (κ3) is 4.19. The Kier molecular flexibility index (Phi) is 6.18. The van der Waals surface area contributed by atoms with E-state index < -0.39 is 0 Å². The van der Waals surface area contributed by atoms with Gasteiger partial charge in [0.1, 0.15) is 0 Å². The highest BCUT2D eigenvalue weighted by Crippen LogP contribution is 2.38. The van der Waals surface area contributed by atoms with Gasteiger partial charge in [-0.05, 0) is 41.9 Å². The Balaban J connectivity index is 2.33. The summed E-state index contributed by atoms with van der Waals surface area (Å²) < 4.78 is 0. The normalized spacial score (nSPS) is 15.5. The second-order valence-corrected chi connectivity index (χ2v) is 6.76. The van der Waals surface area contributed by atoms with Gasteiger partial charge < -0.3 is 0 Å². The van der Waals surface area contributed by atoms with E-state index in [4.69, 9.17) is 0 Å². The summed E-state index contributed by atoms with van der Waals surface area (Å²) in [5, 5.41) is 0. The lowest BCUT2D eigenvalue weighted by Crippen LogP contribution is -2.27. The van der Waals surface area contributed by atoms with Crippen LogP contribution in [0.3, 0.4) is 0 Å². The zero-order chi connectivity index (χ0) is 15.9. The van der Waals surface area contributed by atoms with Gasteiger partial charge in [-0.15, -0.1) is 0 Å². The van der Waals surface area contributed by atoms with E-state index in [0.29, 0.717) is 23.7 Å². The first-order chi connectivity index (χ1) is 10.6. The molecule has 118 valence electrons. The predicted octanol–water partition coefficient (Wildman–Crippen LogP) is 5.73. The summed E-state index contributed by atoms with van der Waals surface area (Å²) in [7, 11) is 0. The summed E-state index contributed by atoms with van der Waals surface area (Å²) in [6, 6.07) is 17.2. The first kappa shape index (κ1) is 16.7. The Morgan fingerprint density at radius 3 is 2.14 bits per heavy atom. The van der Waals surface area contributed by atoms with Crippen LogP contribution in [0.1, 0.15) is 51.3 Å². The molecular formula is C21H29N. The molecule has 0 saturated heterocycles. The lowest BCUT2D eigenvalue weighted by Gasteiger charge is -2.34. The molecule has 0 amide bonds. The number of hydrogen-bond acceptors (Lipinski definition) is 1. The standard InChI is InChI=1S/C21H29N/c1-5-17(4)19(15-18-11-7-6-8-12-18)21(16(2)3)20-13-9-10-14-22-20/h6-14,16-17,19,21H,5,15H2,1-4H3. The van der Waals surface area contributed by atoms with E-state index in [1.165, 1.54) is 17.7 Å². The third-order valence-electron chi connectivity index (χ3n) is 4.90. The first-order valence-electron chi connectivity index (χ1n) is 8.58. The average Bonchev–Trinajstić information content (AvgIpc) is 2.55. The Labute approximate surface area is 135 Å². The van der Waals surface area contributed by atoms with E-state index in [-0.39, 0.29) is 0 Å². The number of pyridine rings is 1. The van der Waals surface area contributed by atoms with Crippen molar-refractivity contribution < 1.29 is 0 Å². The summed E-state index contributed by atoms with van der Waals surface area (Å²) in [6.07, 6.45) is 4.28. The van der Waals surface area contributed by atoms with Crippen LogP contribution in [0.15, 0.2) is 54.7 Å². The van der Waals surface area contributed by atoms with Gasteiger partial charge in [-0.1, -0.05) is 70.5 Å². The van der Waals surface area contributed by atoms with Crippen molar-refractivity contribution in [3.63, 3.8) is 0 Å². The van der Waals surface area contributed by atoms with Crippen molar-refractivity contribution in [3.8, 4) is 0 Å². The molecule has 2 aromatic rings. The maximum absolute atomic E-state index is 4.68. The monoisotopic (exact) mass is 295 g/mol. The summed E-state index contributed by atoms with van der Waals surface area (Å²) >= 11 is 0. The highest BCUT2D eigenvalue weighted by Gasteiger charge is 2.30. The van der Waals surface area contributed by atoms with E-state index in [9.17, 15) is 0 Å². The molecule has 1 nitrogen and oxygen atoms in total. The van der Waals surface area contributed by atoms with Crippen LogP contribution < -0.4 is 0 Å². The topological polar surface area (TPSA) is 12.9 Å². The molecular weight excluding hydrogens is 266 g/mol. The first-order valence-corrected chi connectivity index (χ1v) is 8.58. The van der Waals surface area contributed by atoms with Crippen molar-refractivity contribution in [3.05, 3.63) is 66.0 Å². The molecule has 0 bridgehead atoms. The average molecular weight is 295 g/mol. The molecule has 1 heteroatoms. The van der Waals surface area contributed by atoms with Crippen molar-refractivity contribution in [2.75, 3.05) is 0 Å². The summed E-state index contributed by atoms with van der Waals surface area (Å²) in [5.74, 6) is 2.42. The molecule has 22 heavy (non-hydrogen) atoms. The number of benzene rings is 1. The van der Waals surface area contributed by atoms with Crippen molar-refractivity contribution in [1.82, 2.24) is 4.98 Å². The van der Waals surface area contributed by atoms with E-state index in [1.807, 2.05) is 12.3 Å². The van der Waals surface area contributed by atoms with Crippen molar-refractivity contribution in [1.29, 1.82) is 0 Å². The van der Waals surface area contributed by atoms with Crippen LogP contribution in [-0.2, 0) is 6.42 Å². The van der Waals surface area contributed by atoms with Crippen molar-refractivity contribution in [2.24, 2.45) is 17.8 Å². The van der Waals surface area contributed by atoms with Crippen LogP contribution in [-0.4, -0.2) is 4.98 Å². The molecule has 0 aliphatic carbocycles. The highest BCUT2D eigenvalue weighted by atomic mass is 14.7.